The first-order valence-electron chi connectivity index (χ1n) is 10.3. The molecule has 0 atom stereocenters. The van der Waals surface area contributed by atoms with E-state index in [0.717, 1.165) is 25.3 Å². The van der Waals surface area contributed by atoms with Crippen molar-refractivity contribution in [2.24, 2.45) is 11.8 Å². The molecule has 1 saturated heterocycles. The molecule has 0 aliphatic carbocycles. The van der Waals surface area contributed by atoms with Crippen LogP contribution >= 0.6 is 0 Å². The first-order chi connectivity index (χ1) is 13.0. The molecule has 0 spiro atoms. The number of rotatable bonds is 9. The lowest BCUT2D eigenvalue weighted by molar-refractivity contribution is -0.126. The van der Waals surface area contributed by atoms with E-state index in [1.54, 1.807) is 4.90 Å². The molecule has 0 unspecified atom stereocenters. The minimum absolute atomic E-state index is 0.0109. The minimum Gasteiger partial charge on any atom is -0.356 e. The monoisotopic (exact) mass is 376 g/mol. The molecule has 5 heteroatoms. The van der Waals surface area contributed by atoms with Gasteiger partial charge in [0.15, 0.2) is 0 Å². The summed E-state index contributed by atoms with van der Waals surface area (Å²) in [6.07, 6.45) is 7.36. The highest BCUT2D eigenvalue weighted by Crippen LogP contribution is 2.19. The van der Waals surface area contributed by atoms with Gasteiger partial charge in [-0.25, -0.2) is 4.39 Å². The van der Waals surface area contributed by atoms with Crippen molar-refractivity contribution in [2.75, 3.05) is 19.6 Å². The average molecular weight is 377 g/mol. The second kappa shape index (κ2) is 11.1. The predicted molar refractivity (Wildman–Crippen MR) is 106 cm³/mol. The van der Waals surface area contributed by atoms with Gasteiger partial charge in [0, 0.05) is 31.1 Å². The third-order valence-corrected chi connectivity index (χ3v) is 5.25. The molecule has 4 nitrogen and oxygen atoms in total. The fourth-order valence-corrected chi connectivity index (χ4v) is 3.51. The van der Waals surface area contributed by atoms with E-state index in [4.69, 9.17) is 0 Å². The molecule has 150 valence electrons. The number of likely N-dealkylation sites (tertiary alicyclic amines) is 1. The second-order valence-electron chi connectivity index (χ2n) is 7.96. The van der Waals surface area contributed by atoms with Gasteiger partial charge < -0.3 is 10.2 Å². The van der Waals surface area contributed by atoms with Gasteiger partial charge in [0.2, 0.25) is 5.91 Å². The van der Waals surface area contributed by atoms with E-state index >= 15 is 0 Å². The van der Waals surface area contributed by atoms with Crippen molar-refractivity contribution in [3.8, 4) is 0 Å². The number of hydrogen-bond acceptors (Lipinski definition) is 2. The number of carbonyl (C=O) groups is 2. The Kier molecular flexibility index (Phi) is 8.76. The van der Waals surface area contributed by atoms with Crippen LogP contribution in [-0.2, 0) is 4.79 Å². The molecule has 1 aromatic carbocycles. The summed E-state index contributed by atoms with van der Waals surface area (Å²) < 4.78 is 13.0. The summed E-state index contributed by atoms with van der Waals surface area (Å²) in [5.41, 5.74) is 0.497. The summed E-state index contributed by atoms with van der Waals surface area (Å²) in [7, 11) is 0. The quantitative estimate of drug-likeness (QED) is 0.650. The van der Waals surface area contributed by atoms with Gasteiger partial charge in [0.25, 0.3) is 5.91 Å². The van der Waals surface area contributed by atoms with Crippen LogP contribution < -0.4 is 5.32 Å². The van der Waals surface area contributed by atoms with E-state index in [0.29, 0.717) is 31.5 Å². The maximum absolute atomic E-state index is 13.0. The van der Waals surface area contributed by atoms with Crippen LogP contribution in [0.2, 0.25) is 0 Å². The van der Waals surface area contributed by atoms with Gasteiger partial charge in [0.05, 0.1) is 0 Å². The number of carbonyl (C=O) groups excluding carboxylic acids is 2. The van der Waals surface area contributed by atoms with Crippen LogP contribution in [0.3, 0.4) is 0 Å². The van der Waals surface area contributed by atoms with Gasteiger partial charge in [-0.05, 0) is 49.4 Å². The van der Waals surface area contributed by atoms with E-state index < -0.39 is 0 Å². The van der Waals surface area contributed by atoms with Crippen LogP contribution in [0.4, 0.5) is 4.39 Å². The van der Waals surface area contributed by atoms with Crippen molar-refractivity contribution in [1.82, 2.24) is 10.2 Å². The zero-order valence-corrected chi connectivity index (χ0v) is 16.7. The number of hydrogen-bond donors (Lipinski definition) is 1. The number of benzene rings is 1. The standard InChI is InChI=1S/C22H33FN2O2/c1-17(2)7-5-3-4-6-14-24-21(26)18-12-15-25(16-13-18)22(27)19-8-10-20(23)11-9-19/h8-11,17-18H,3-7,12-16H2,1-2H3,(H,24,26). The third-order valence-electron chi connectivity index (χ3n) is 5.25. The van der Waals surface area contributed by atoms with Crippen LogP contribution in [0, 0.1) is 17.7 Å². The molecule has 1 fully saturated rings. The first kappa shape index (κ1) is 21.4. The van der Waals surface area contributed by atoms with Crippen molar-refractivity contribution < 1.29 is 14.0 Å². The smallest absolute Gasteiger partial charge is 0.253 e. The lowest BCUT2D eigenvalue weighted by Crippen LogP contribution is -2.43. The molecule has 1 heterocycles. The van der Waals surface area contributed by atoms with Crippen molar-refractivity contribution in [2.45, 2.75) is 58.8 Å². The van der Waals surface area contributed by atoms with E-state index in [1.807, 2.05) is 0 Å². The Labute approximate surface area is 162 Å². The fourth-order valence-electron chi connectivity index (χ4n) is 3.51. The highest BCUT2D eigenvalue weighted by Gasteiger charge is 2.27. The van der Waals surface area contributed by atoms with Crippen LogP contribution in [0.15, 0.2) is 24.3 Å². The van der Waals surface area contributed by atoms with Gasteiger partial charge in [0.1, 0.15) is 5.82 Å². The van der Waals surface area contributed by atoms with Crippen LogP contribution in [0.1, 0.15) is 69.2 Å². The summed E-state index contributed by atoms with van der Waals surface area (Å²) >= 11 is 0. The molecule has 0 saturated carbocycles. The van der Waals surface area contributed by atoms with E-state index in [9.17, 15) is 14.0 Å². The Hall–Kier alpha value is -1.91. The molecular formula is C22H33FN2O2. The van der Waals surface area contributed by atoms with Gasteiger partial charge in [-0.1, -0.05) is 39.5 Å². The fraction of sp³-hybridized carbons (Fsp3) is 0.636. The molecule has 1 N–H and O–H groups in total. The largest absolute Gasteiger partial charge is 0.356 e. The molecule has 2 rings (SSSR count). The van der Waals surface area contributed by atoms with Crippen molar-refractivity contribution in [3.05, 3.63) is 35.6 Å². The average Bonchev–Trinajstić information content (AvgIpc) is 2.67. The topological polar surface area (TPSA) is 49.4 Å². The van der Waals surface area contributed by atoms with Crippen molar-refractivity contribution >= 4 is 11.8 Å². The lowest BCUT2D eigenvalue weighted by Gasteiger charge is -2.31. The second-order valence-corrected chi connectivity index (χ2v) is 7.96. The maximum atomic E-state index is 13.0. The molecule has 1 aromatic rings. The van der Waals surface area contributed by atoms with E-state index in [-0.39, 0.29) is 23.5 Å². The highest BCUT2D eigenvalue weighted by atomic mass is 19.1. The van der Waals surface area contributed by atoms with Gasteiger partial charge >= 0.3 is 0 Å². The molecule has 2 amide bonds. The van der Waals surface area contributed by atoms with Crippen LogP contribution in [0.5, 0.6) is 0 Å². The molecule has 0 radical (unpaired) electrons. The molecule has 1 aliphatic rings. The van der Waals surface area contributed by atoms with E-state index in [2.05, 4.69) is 19.2 Å². The summed E-state index contributed by atoms with van der Waals surface area (Å²) in [6, 6.07) is 5.63. The Morgan fingerprint density at radius 1 is 1.07 bits per heavy atom. The van der Waals surface area contributed by atoms with Gasteiger partial charge in [-0.15, -0.1) is 0 Å². The first-order valence-corrected chi connectivity index (χ1v) is 10.3. The Bertz CT molecular complexity index is 593. The molecule has 1 aliphatic heterocycles. The summed E-state index contributed by atoms with van der Waals surface area (Å²) in [5.74, 6) is 0.442. The normalized spacial score (nSPS) is 15.2. The molecule has 0 bridgehead atoms. The maximum Gasteiger partial charge on any atom is 0.253 e. The summed E-state index contributed by atoms with van der Waals surface area (Å²) in [6.45, 7) is 6.39. The molecule has 0 aromatic heterocycles. The summed E-state index contributed by atoms with van der Waals surface area (Å²) in [5, 5.41) is 3.05. The van der Waals surface area contributed by atoms with Crippen LogP contribution in [0.25, 0.3) is 0 Å². The number of amides is 2. The number of nitrogens with one attached hydrogen (secondary N) is 1. The van der Waals surface area contributed by atoms with Crippen molar-refractivity contribution in [1.29, 1.82) is 0 Å². The zero-order valence-electron chi connectivity index (χ0n) is 16.7. The number of piperidine rings is 1. The van der Waals surface area contributed by atoms with Gasteiger partial charge in [-0.2, -0.15) is 0 Å². The Balaban J connectivity index is 1.62. The minimum atomic E-state index is -0.346. The van der Waals surface area contributed by atoms with Gasteiger partial charge in [-0.3, -0.25) is 9.59 Å². The lowest BCUT2D eigenvalue weighted by atomic mass is 9.95. The van der Waals surface area contributed by atoms with E-state index in [1.165, 1.54) is 43.5 Å². The zero-order chi connectivity index (χ0) is 19.6. The Morgan fingerprint density at radius 2 is 1.70 bits per heavy atom. The molecular weight excluding hydrogens is 343 g/mol. The number of nitrogens with zero attached hydrogens (tertiary/aromatic N) is 1. The number of unbranched alkanes of at least 4 members (excludes halogenated alkanes) is 3. The predicted octanol–water partition coefficient (Wildman–Crippen LogP) is 4.40. The van der Waals surface area contributed by atoms with Crippen LogP contribution in [-0.4, -0.2) is 36.3 Å². The third kappa shape index (κ3) is 7.31. The van der Waals surface area contributed by atoms with Crippen molar-refractivity contribution in [3.63, 3.8) is 0 Å². The number of halogens is 1. The summed E-state index contributed by atoms with van der Waals surface area (Å²) in [4.78, 5) is 26.5. The highest BCUT2D eigenvalue weighted by molar-refractivity contribution is 5.94. The Morgan fingerprint density at radius 3 is 2.33 bits per heavy atom. The SMILES string of the molecule is CC(C)CCCCCCNC(=O)C1CCN(C(=O)c2ccc(F)cc2)CC1. The molecule has 27 heavy (non-hydrogen) atoms.